The number of hydrogen-bond acceptors (Lipinski definition) is 13. The second-order valence-corrected chi connectivity index (χ2v) is 23.6. The Morgan fingerprint density at radius 2 is 1.65 bits per heavy atom. The van der Waals surface area contributed by atoms with Crippen molar-refractivity contribution in [1.82, 2.24) is 41.0 Å². The van der Waals surface area contributed by atoms with Crippen LogP contribution in [0.2, 0.25) is 5.02 Å². The molecule has 4 heterocycles. The Bertz CT molecular complexity index is 2650. The van der Waals surface area contributed by atoms with E-state index in [0.29, 0.717) is 27.9 Å². The molecule has 2 aromatic carbocycles. The lowest BCUT2D eigenvalue weighted by atomic mass is 9.49. The molecule has 8 rings (SSSR count). The topological polar surface area (TPSA) is 205 Å². The third-order valence-corrected chi connectivity index (χ3v) is 16.6. The number of rotatable bonds is 15. The van der Waals surface area contributed by atoms with Gasteiger partial charge in [-0.2, -0.15) is 5.26 Å². The lowest BCUT2D eigenvalue weighted by Crippen LogP contribution is -2.74. The second kappa shape index (κ2) is 21.1. The highest BCUT2D eigenvalue weighted by atomic mass is 35.5. The molecule has 4 fully saturated rings. The van der Waals surface area contributed by atoms with Crippen molar-refractivity contribution < 1.29 is 29.0 Å². The van der Waals surface area contributed by atoms with Gasteiger partial charge in [0.05, 0.1) is 50.9 Å². The number of nitrogens with zero attached hydrogens (tertiary/aromatic N) is 6. The Balaban J connectivity index is 0.759. The molecule has 2 aliphatic carbocycles. The molecule has 4 aromatic rings. The molecule has 72 heavy (non-hydrogen) atoms. The van der Waals surface area contributed by atoms with Crippen molar-refractivity contribution in [3.8, 4) is 22.3 Å². The number of aliphatic hydroxyl groups is 1. The molecule has 2 aliphatic heterocycles. The number of aromatic nitrogens is 2. The van der Waals surface area contributed by atoms with Crippen LogP contribution in [0, 0.1) is 34.5 Å². The number of amides is 4. The number of carbonyl (C=O) groups excluding carboxylic acids is 4. The van der Waals surface area contributed by atoms with Crippen molar-refractivity contribution in [2.24, 2.45) is 16.2 Å². The Hall–Kier alpha value is -5.64. The number of benzene rings is 2. The zero-order valence-corrected chi connectivity index (χ0v) is 44.4. The van der Waals surface area contributed by atoms with E-state index in [-0.39, 0.29) is 72.3 Å². The summed E-state index contributed by atoms with van der Waals surface area (Å²) in [7, 11) is 0. The number of nitriles is 1. The fourth-order valence-corrected chi connectivity index (χ4v) is 12.4. The van der Waals surface area contributed by atoms with E-state index < -0.39 is 29.5 Å². The molecule has 4 atom stereocenters. The molecule has 16 nitrogen and oxygen atoms in total. The first kappa shape index (κ1) is 52.7. The minimum Gasteiger partial charge on any atom is -0.489 e. The second-order valence-electron chi connectivity index (χ2n) is 22.3. The van der Waals surface area contributed by atoms with Crippen LogP contribution in [-0.2, 0) is 14.4 Å². The number of piperazine rings is 1. The van der Waals surface area contributed by atoms with Crippen LogP contribution in [0.4, 0.5) is 5.82 Å². The number of aliphatic hydroxyl groups excluding tert-OH is 1. The minimum absolute atomic E-state index is 0.00530. The average molecular weight is 1020 g/mol. The number of carbonyl (C=O) groups is 4. The monoisotopic (exact) mass is 1020 g/mol. The first-order valence-corrected chi connectivity index (χ1v) is 26.2. The van der Waals surface area contributed by atoms with Crippen molar-refractivity contribution in [3.05, 3.63) is 93.7 Å². The number of likely N-dealkylation sites (tertiary alicyclic amines) is 1. The van der Waals surface area contributed by atoms with Gasteiger partial charge in [-0.3, -0.25) is 24.1 Å². The quantitative estimate of drug-likeness (QED) is 0.0895. The van der Waals surface area contributed by atoms with Gasteiger partial charge in [0.15, 0.2) is 0 Å². The van der Waals surface area contributed by atoms with Gasteiger partial charge in [-0.1, -0.05) is 84.3 Å². The van der Waals surface area contributed by atoms with Gasteiger partial charge in [0.1, 0.15) is 35.8 Å². The highest BCUT2D eigenvalue weighted by Gasteiger charge is 2.64. The van der Waals surface area contributed by atoms with Gasteiger partial charge in [-0.15, -0.1) is 11.3 Å². The summed E-state index contributed by atoms with van der Waals surface area (Å²) < 4.78 is 6.38. The SMILES string of the molecule is Cc1ncsc1-c1ccc([C@H](C)NC(=O)[C@@H]2C[C@@H](O)CN2C(=O)[C@@H](NC(=O)CNC2CC(N3CCN(c4ccc(C(=O)NC5C(C)(C)C(Oc6ccc(C#N)c(Cl)c6)C5(C)C)cn4)CC3)C2)C(C)(C)C)cc1. The molecular weight excluding hydrogens is 952 g/mol. The van der Waals surface area contributed by atoms with Crippen molar-refractivity contribution >= 4 is 52.4 Å². The maximum absolute atomic E-state index is 14.2. The number of thiazole rings is 1. The van der Waals surface area contributed by atoms with Gasteiger partial charge in [0.25, 0.3) is 5.91 Å². The van der Waals surface area contributed by atoms with Crippen molar-refractivity contribution in [2.45, 2.75) is 130 Å². The molecule has 2 saturated carbocycles. The lowest BCUT2D eigenvalue weighted by Gasteiger charge is -2.63. The molecule has 4 amide bonds. The molecule has 2 saturated heterocycles. The summed E-state index contributed by atoms with van der Waals surface area (Å²) in [6.07, 6.45) is 2.48. The molecule has 5 N–H and O–H groups in total. The van der Waals surface area contributed by atoms with Crippen LogP contribution in [0.1, 0.15) is 108 Å². The van der Waals surface area contributed by atoms with Crippen molar-refractivity contribution in [3.63, 3.8) is 0 Å². The van der Waals surface area contributed by atoms with Crippen LogP contribution < -0.4 is 30.9 Å². The molecule has 0 bridgehead atoms. The summed E-state index contributed by atoms with van der Waals surface area (Å²) in [4.78, 5) is 71.2. The van der Waals surface area contributed by atoms with Gasteiger partial charge in [0.2, 0.25) is 17.7 Å². The Labute approximate surface area is 432 Å². The third-order valence-electron chi connectivity index (χ3n) is 15.3. The number of β-amino-alcohol motifs (C(OH)–C–C–N with tert-alkyl or cyclic N) is 1. The number of nitrogens with one attached hydrogen (secondary N) is 4. The predicted octanol–water partition coefficient (Wildman–Crippen LogP) is 6.26. The third kappa shape index (κ3) is 11.1. The van der Waals surface area contributed by atoms with Gasteiger partial charge < -0.3 is 40.9 Å². The maximum Gasteiger partial charge on any atom is 0.253 e. The normalized spacial score (nSPS) is 24.5. The van der Waals surface area contributed by atoms with E-state index in [0.717, 1.165) is 66.5 Å². The zero-order valence-electron chi connectivity index (χ0n) is 42.8. The van der Waals surface area contributed by atoms with E-state index in [1.165, 1.54) is 4.90 Å². The minimum atomic E-state index is -0.912. The van der Waals surface area contributed by atoms with Crippen molar-refractivity contribution in [2.75, 3.05) is 44.2 Å². The van der Waals surface area contributed by atoms with Gasteiger partial charge >= 0.3 is 0 Å². The Kier molecular flexibility index (Phi) is 15.4. The van der Waals surface area contributed by atoms with Gasteiger partial charge in [0, 0.05) is 80.4 Å². The number of pyridine rings is 1. The van der Waals surface area contributed by atoms with Crippen LogP contribution in [0.3, 0.4) is 0 Å². The zero-order chi connectivity index (χ0) is 51.9. The lowest BCUT2D eigenvalue weighted by molar-refractivity contribution is -0.164. The van der Waals surface area contributed by atoms with E-state index >= 15 is 0 Å². The number of aryl methyl sites for hydroxylation is 1. The van der Waals surface area contributed by atoms with E-state index in [1.54, 1.807) is 35.7 Å². The standard InChI is InChI=1S/C54H69ClN10O6S/c1-31(33-10-12-34(13-11-33)45-32(2)59-30-72-45)60-48(69)42-24-39(66)29-65(42)49(70)46(52(3,4)5)61-44(67)28-57-37-22-38(23-37)63-18-20-64(21-19-63)43-17-15-36(27-58-43)47(68)62-50-53(6,7)51(54(50,8)9)71-40-16-14-35(26-56)41(55)25-40/h10-17,25,27,30-31,37-39,42,46,50-51,57,66H,18-24,28-29H2,1-9H3,(H,60,69)(H,61,67)(H,62,68)/t31-,37?,38?,39+,42-,46+,50?,51?/m0/s1. The molecule has 0 unspecified atom stereocenters. The van der Waals surface area contributed by atoms with E-state index in [1.807, 2.05) is 76.5 Å². The molecule has 18 heteroatoms. The number of halogens is 1. The average Bonchev–Trinajstić information content (AvgIpc) is 3.95. The van der Waals surface area contributed by atoms with Crippen LogP contribution in [0.25, 0.3) is 10.4 Å². The highest BCUT2D eigenvalue weighted by molar-refractivity contribution is 7.13. The van der Waals surface area contributed by atoms with Crippen LogP contribution in [-0.4, -0.2) is 130 Å². The van der Waals surface area contributed by atoms with Crippen LogP contribution in [0.5, 0.6) is 5.75 Å². The summed E-state index contributed by atoms with van der Waals surface area (Å²) in [6.45, 7) is 21.2. The molecular formula is C54H69ClN10O6S. The van der Waals surface area contributed by atoms with E-state index in [2.05, 4.69) is 69.8 Å². The van der Waals surface area contributed by atoms with Crippen LogP contribution in [0.15, 0.2) is 66.3 Å². The van der Waals surface area contributed by atoms with Crippen molar-refractivity contribution in [1.29, 1.82) is 5.26 Å². The maximum atomic E-state index is 14.2. The van der Waals surface area contributed by atoms with Gasteiger partial charge in [-0.05, 0) is 67.5 Å². The number of hydrogen-bond donors (Lipinski definition) is 5. The first-order chi connectivity index (χ1) is 34.0. The summed E-state index contributed by atoms with van der Waals surface area (Å²) >= 11 is 7.84. The molecule has 0 radical (unpaired) electrons. The molecule has 2 aromatic heterocycles. The van der Waals surface area contributed by atoms with Gasteiger partial charge in [-0.25, -0.2) is 9.97 Å². The fourth-order valence-electron chi connectivity index (χ4n) is 11.4. The van der Waals surface area contributed by atoms with E-state index in [9.17, 15) is 29.5 Å². The Morgan fingerprint density at radius 1 is 0.958 bits per heavy atom. The summed E-state index contributed by atoms with van der Waals surface area (Å²) in [5, 5.41) is 32.9. The highest BCUT2D eigenvalue weighted by Crippen LogP contribution is 2.55. The smallest absolute Gasteiger partial charge is 0.253 e. The summed E-state index contributed by atoms with van der Waals surface area (Å²) in [5.74, 6) is 0.169. The summed E-state index contributed by atoms with van der Waals surface area (Å²) in [6, 6.07) is 17.1. The molecule has 384 valence electrons. The fraction of sp³-hybridized carbons (Fsp3) is 0.537. The largest absolute Gasteiger partial charge is 0.489 e. The molecule has 4 aliphatic rings. The number of anilines is 1. The van der Waals surface area contributed by atoms with Crippen LogP contribution >= 0.6 is 22.9 Å². The predicted molar refractivity (Wildman–Crippen MR) is 279 cm³/mol. The van der Waals surface area contributed by atoms with E-state index in [4.69, 9.17) is 21.3 Å². The number of ether oxygens (including phenoxy) is 1. The summed E-state index contributed by atoms with van der Waals surface area (Å²) in [5.41, 5.74) is 4.19. The molecule has 0 spiro atoms. The Morgan fingerprint density at radius 3 is 2.25 bits per heavy atom. The first-order valence-electron chi connectivity index (χ1n) is 25.0.